The van der Waals surface area contributed by atoms with Crippen LogP contribution in [0, 0.1) is 34.6 Å². The van der Waals surface area contributed by atoms with E-state index in [4.69, 9.17) is 5.10 Å². The van der Waals surface area contributed by atoms with Gasteiger partial charge in [-0.1, -0.05) is 17.7 Å². The van der Waals surface area contributed by atoms with E-state index in [1.54, 1.807) is 0 Å². The molecule has 1 heterocycles. The minimum absolute atomic E-state index is 0.207. The molecule has 0 amide bonds. The summed E-state index contributed by atoms with van der Waals surface area (Å²) in [6, 6.07) is 4.45. The highest BCUT2D eigenvalue weighted by Gasteiger charge is 2.28. The Bertz CT molecular complexity index is 655. The number of aryl methyl sites for hydroxylation is 4. The van der Waals surface area contributed by atoms with Crippen LogP contribution in [0.5, 0.6) is 0 Å². The first-order valence-corrected chi connectivity index (χ1v) is 7.50. The van der Waals surface area contributed by atoms with Gasteiger partial charge in [0.15, 0.2) is 0 Å². The molecule has 0 atom stereocenters. The van der Waals surface area contributed by atoms with Gasteiger partial charge in [0.1, 0.15) is 0 Å². The van der Waals surface area contributed by atoms with Crippen molar-refractivity contribution < 1.29 is 0 Å². The van der Waals surface area contributed by atoms with Crippen LogP contribution >= 0.6 is 0 Å². The van der Waals surface area contributed by atoms with E-state index in [2.05, 4.69) is 65.9 Å². The van der Waals surface area contributed by atoms with E-state index in [9.17, 15) is 0 Å². The SMILES string of the molecule is Cc1cc(C)c(NC(C)(C)c2nn(C)c(C)c2C)c(C)c1. The van der Waals surface area contributed by atoms with Crippen LogP contribution < -0.4 is 5.32 Å². The van der Waals surface area contributed by atoms with Gasteiger partial charge in [-0.25, -0.2) is 0 Å². The first kappa shape index (κ1) is 15.6. The summed E-state index contributed by atoms with van der Waals surface area (Å²) in [6.07, 6.45) is 0. The second-order valence-corrected chi connectivity index (χ2v) is 6.71. The van der Waals surface area contributed by atoms with Gasteiger partial charge >= 0.3 is 0 Å². The number of hydrogen-bond acceptors (Lipinski definition) is 2. The molecule has 0 fully saturated rings. The first-order valence-electron chi connectivity index (χ1n) is 7.50. The fourth-order valence-corrected chi connectivity index (χ4v) is 3.06. The molecule has 2 rings (SSSR count). The van der Waals surface area contributed by atoms with Gasteiger partial charge in [-0.05, 0) is 65.2 Å². The molecule has 0 spiro atoms. The van der Waals surface area contributed by atoms with E-state index >= 15 is 0 Å². The fourth-order valence-electron chi connectivity index (χ4n) is 3.06. The molecule has 0 saturated carbocycles. The lowest BCUT2D eigenvalue weighted by molar-refractivity contribution is 0.565. The van der Waals surface area contributed by atoms with Crippen molar-refractivity contribution in [3.05, 3.63) is 45.8 Å². The Kier molecular flexibility index (Phi) is 3.87. The Morgan fingerprint density at radius 1 is 1.00 bits per heavy atom. The number of rotatable bonds is 3. The standard InChI is InChI=1S/C18H27N3/c1-11-9-12(2)16(13(3)10-11)19-18(6,7)17-14(4)15(5)21(8)20-17/h9-10,19H,1-8H3. The van der Waals surface area contributed by atoms with Crippen LogP contribution in [0.25, 0.3) is 0 Å². The lowest BCUT2D eigenvalue weighted by atomic mass is 9.94. The maximum absolute atomic E-state index is 4.71. The monoisotopic (exact) mass is 285 g/mol. The Morgan fingerprint density at radius 3 is 1.95 bits per heavy atom. The quantitative estimate of drug-likeness (QED) is 0.910. The maximum Gasteiger partial charge on any atom is 0.0904 e. The first-order chi connectivity index (χ1) is 9.63. The lowest BCUT2D eigenvalue weighted by Gasteiger charge is -2.29. The third-order valence-electron chi connectivity index (χ3n) is 4.34. The van der Waals surface area contributed by atoms with Crippen molar-refractivity contribution in [3.8, 4) is 0 Å². The van der Waals surface area contributed by atoms with Crippen molar-refractivity contribution >= 4 is 5.69 Å². The average molecular weight is 285 g/mol. The fraction of sp³-hybridized carbons (Fsp3) is 0.500. The molecule has 2 aromatic rings. The molecule has 1 aromatic heterocycles. The molecule has 0 aliphatic carbocycles. The smallest absolute Gasteiger partial charge is 0.0904 e. The maximum atomic E-state index is 4.71. The molecule has 1 aromatic carbocycles. The summed E-state index contributed by atoms with van der Waals surface area (Å²) in [4.78, 5) is 0. The van der Waals surface area contributed by atoms with Crippen molar-refractivity contribution in [3.63, 3.8) is 0 Å². The molecule has 0 radical (unpaired) electrons. The number of aromatic nitrogens is 2. The van der Waals surface area contributed by atoms with Gasteiger partial charge < -0.3 is 5.32 Å². The Labute approximate surface area is 128 Å². The normalized spacial score (nSPS) is 11.8. The summed E-state index contributed by atoms with van der Waals surface area (Å²) in [6.45, 7) is 15.1. The van der Waals surface area contributed by atoms with Gasteiger partial charge in [0, 0.05) is 18.4 Å². The zero-order valence-electron chi connectivity index (χ0n) is 14.5. The van der Waals surface area contributed by atoms with Crippen LogP contribution in [0.3, 0.4) is 0 Å². The second-order valence-electron chi connectivity index (χ2n) is 6.71. The molecule has 114 valence electrons. The predicted octanol–water partition coefficient (Wildman–Crippen LogP) is 4.31. The van der Waals surface area contributed by atoms with Crippen LogP contribution in [0.2, 0.25) is 0 Å². The number of nitrogens with zero attached hydrogens (tertiary/aromatic N) is 2. The minimum atomic E-state index is -0.207. The summed E-state index contributed by atoms with van der Waals surface area (Å²) in [5.41, 5.74) is 8.47. The van der Waals surface area contributed by atoms with Crippen LogP contribution in [0.1, 0.15) is 47.5 Å². The largest absolute Gasteiger partial charge is 0.374 e. The molecule has 0 aliphatic heterocycles. The van der Waals surface area contributed by atoms with Crippen LogP contribution in [-0.2, 0) is 12.6 Å². The third kappa shape index (κ3) is 2.82. The topological polar surface area (TPSA) is 29.9 Å². The summed E-state index contributed by atoms with van der Waals surface area (Å²) in [7, 11) is 2.00. The van der Waals surface area contributed by atoms with Gasteiger partial charge in [-0.15, -0.1) is 0 Å². The number of anilines is 1. The molecule has 21 heavy (non-hydrogen) atoms. The molecule has 3 nitrogen and oxygen atoms in total. The van der Waals surface area contributed by atoms with Crippen molar-refractivity contribution in [2.45, 2.75) is 54.0 Å². The predicted molar refractivity (Wildman–Crippen MR) is 90.0 cm³/mol. The van der Waals surface area contributed by atoms with Gasteiger partial charge in [-0.3, -0.25) is 4.68 Å². The zero-order chi connectivity index (χ0) is 15.9. The van der Waals surface area contributed by atoms with Gasteiger partial charge in [0.2, 0.25) is 0 Å². The Morgan fingerprint density at radius 2 is 1.52 bits per heavy atom. The molecule has 1 N–H and O–H groups in total. The van der Waals surface area contributed by atoms with E-state index < -0.39 is 0 Å². The Balaban J connectivity index is 2.44. The number of benzene rings is 1. The molecule has 0 unspecified atom stereocenters. The summed E-state index contributed by atoms with van der Waals surface area (Å²) < 4.78 is 1.96. The second kappa shape index (κ2) is 5.21. The van der Waals surface area contributed by atoms with Crippen molar-refractivity contribution in [1.29, 1.82) is 0 Å². The third-order valence-corrected chi connectivity index (χ3v) is 4.34. The van der Waals surface area contributed by atoms with E-state index in [0.29, 0.717) is 0 Å². The number of hydrogen-bond donors (Lipinski definition) is 1. The van der Waals surface area contributed by atoms with E-state index in [1.807, 2.05) is 11.7 Å². The minimum Gasteiger partial charge on any atom is -0.374 e. The van der Waals surface area contributed by atoms with Gasteiger partial charge in [0.05, 0.1) is 11.2 Å². The van der Waals surface area contributed by atoms with Crippen LogP contribution in [-0.4, -0.2) is 9.78 Å². The van der Waals surface area contributed by atoms with Crippen LogP contribution in [0.15, 0.2) is 12.1 Å². The molecule has 0 saturated heterocycles. The zero-order valence-corrected chi connectivity index (χ0v) is 14.5. The Hall–Kier alpha value is -1.77. The van der Waals surface area contributed by atoms with Gasteiger partial charge in [-0.2, -0.15) is 5.10 Å². The lowest BCUT2D eigenvalue weighted by Crippen LogP contribution is -2.30. The summed E-state index contributed by atoms with van der Waals surface area (Å²) >= 11 is 0. The van der Waals surface area contributed by atoms with E-state index in [1.165, 1.54) is 33.6 Å². The highest BCUT2D eigenvalue weighted by atomic mass is 15.3. The highest BCUT2D eigenvalue weighted by Crippen LogP contribution is 2.32. The van der Waals surface area contributed by atoms with Crippen molar-refractivity contribution in [1.82, 2.24) is 9.78 Å². The van der Waals surface area contributed by atoms with Crippen molar-refractivity contribution in [2.75, 3.05) is 5.32 Å². The summed E-state index contributed by atoms with van der Waals surface area (Å²) in [5, 5.41) is 8.41. The van der Waals surface area contributed by atoms with Crippen molar-refractivity contribution in [2.24, 2.45) is 7.05 Å². The molecular weight excluding hydrogens is 258 g/mol. The number of nitrogens with one attached hydrogen (secondary N) is 1. The molecule has 0 aliphatic rings. The highest BCUT2D eigenvalue weighted by molar-refractivity contribution is 5.60. The van der Waals surface area contributed by atoms with E-state index in [-0.39, 0.29) is 5.54 Å². The molecular formula is C18H27N3. The van der Waals surface area contributed by atoms with Crippen LogP contribution in [0.4, 0.5) is 5.69 Å². The van der Waals surface area contributed by atoms with E-state index in [0.717, 1.165) is 5.69 Å². The molecule has 0 bridgehead atoms. The average Bonchev–Trinajstić information content (AvgIpc) is 2.62. The summed E-state index contributed by atoms with van der Waals surface area (Å²) in [5.74, 6) is 0. The molecule has 3 heteroatoms. The van der Waals surface area contributed by atoms with Gasteiger partial charge in [0.25, 0.3) is 0 Å².